The van der Waals surface area contributed by atoms with E-state index in [0.29, 0.717) is 6.04 Å². The maximum absolute atomic E-state index is 13.0. The van der Waals surface area contributed by atoms with Crippen molar-refractivity contribution in [2.24, 2.45) is 4.40 Å². The van der Waals surface area contributed by atoms with E-state index in [1.54, 1.807) is 26.4 Å². The molecule has 4 rings (SSSR count). The van der Waals surface area contributed by atoms with Crippen LogP contribution in [0.3, 0.4) is 0 Å². The first-order chi connectivity index (χ1) is 14.6. The Morgan fingerprint density at radius 1 is 1.10 bits per heavy atom. The average Bonchev–Trinajstić information content (AvgIpc) is 3.12. The number of nitrogens with one attached hydrogen (secondary N) is 1. The molecule has 2 aliphatic rings. The third-order valence-corrected chi connectivity index (χ3v) is 7.19. The van der Waals surface area contributed by atoms with E-state index in [0.717, 1.165) is 49.4 Å². The van der Waals surface area contributed by atoms with Crippen molar-refractivity contribution in [3.8, 4) is 11.5 Å². The quantitative estimate of drug-likeness (QED) is 0.649. The Labute approximate surface area is 181 Å². The Bertz CT molecular complexity index is 921. The Morgan fingerprint density at radius 3 is 2.60 bits per heavy atom. The van der Waals surface area contributed by atoms with Crippen LogP contribution in [0.2, 0.25) is 0 Å². The summed E-state index contributed by atoms with van der Waals surface area (Å²) in [6, 6.07) is 13.1. The molecule has 2 fully saturated rings. The van der Waals surface area contributed by atoms with Crippen LogP contribution in [0.4, 0.5) is 10.1 Å². The third-order valence-electron chi connectivity index (χ3n) is 6.51. The molecule has 1 saturated heterocycles. The van der Waals surface area contributed by atoms with Gasteiger partial charge in [-0.2, -0.15) is 0 Å². The zero-order valence-electron chi connectivity index (χ0n) is 17.7. The number of halogens is 1. The molecule has 1 aliphatic heterocycles. The van der Waals surface area contributed by atoms with Crippen molar-refractivity contribution >= 4 is 23.5 Å². The Kier molecular flexibility index (Phi) is 6.20. The topological polar surface area (TPSA) is 46.1 Å². The van der Waals surface area contributed by atoms with Gasteiger partial charge in [-0.15, -0.1) is 0 Å². The number of hydrogen-bond acceptors (Lipinski definition) is 6. The van der Waals surface area contributed by atoms with Crippen LogP contribution in [0.5, 0.6) is 11.5 Å². The molecule has 1 saturated carbocycles. The Balaban J connectivity index is 1.50. The van der Waals surface area contributed by atoms with Gasteiger partial charge in [-0.3, -0.25) is 0 Å². The van der Waals surface area contributed by atoms with Gasteiger partial charge >= 0.3 is 0 Å². The van der Waals surface area contributed by atoms with Crippen molar-refractivity contribution in [2.75, 3.05) is 32.5 Å². The van der Waals surface area contributed by atoms with E-state index < -0.39 is 0 Å². The average molecular weight is 430 g/mol. The molecule has 5 nitrogen and oxygen atoms in total. The Morgan fingerprint density at radius 2 is 1.87 bits per heavy atom. The second kappa shape index (κ2) is 8.86. The fourth-order valence-electron chi connectivity index (χ4n) is 4.82. The van der Waals surface area contributed by atoms with Crippen molar-refractivity contribution in [1.29, 1.82) is 0 Å². The van der Waals surface area contributed by atoms with Crippen LogP contribution >= 0.6 is 12.1 Å². The van der Waals surface area contributed by atoms with E-state index in [1.807, 2.05) is 6.07 Å². The van der Waals surface area contributed by atoms with E-state index in [4.69, 9.17) is 13.9 Å². The fourth-order valence-corrected chi connectivity index (χ4v) is 5.41. The number of anilines is 1. The summed E-state index contributed by atoms with van der Waals surface area (Å²) in [5.74, 6) is 1.32. The van der Waals surface area contributed by atoms with Crippen LogP contribution < -0.4 is 14.2 Å². The van der Waals surface area contributed by atoms with Gasteiger partial charge in [0.2, 0.25) is 0 Å². The minimum absolute atomic E-state index is 0.113. The number of fused-ring (bicyclic) bond motifs is 1. The van der Waals surface area contributed by atoms with Gasteiger partial charge in [0.25, 0.3) is 0 Å². The smallest absolute Gasteiger partial charge is 0.161 e. The maximum atomic E-state index is 13.0. The van der Waals surface area contributed by atoms with E-state index in [-0.39, 0.29) is 11.2 Å². The summed E-state index contributed by atoms with van der Waals surface area (Å²) < 4.78 is 32.0. The molecular formula is C23H28FN3O2S. The number of ether oxygens (including phenoxy) is 2. The first-order valence-corrected chi connectivity index (χ1v) is 11.0. The number of likely N-dealkylation sites (N-methyl/N-ethyl adjacent to an activating group) is 1. The number of hydrogen-bond donors (Lipinski definition) is 1. The number of methoxy groups -OCH3 is 2. The van der Waals surface area contributed by atoms with Crippen LogP contribution in [0.1, 0.15) is 31.2 Å². The molecule has 0 amide bonds. The lowest BCUT2D eigenvalue weighted by Crippen LogP contribution is -2.46. The van der Waals surface area contributed by atoms with Gasteiger partial charge in [-0.1, -0.05) is 6.07 Å². The summed E-state index contributed by atoms with van der Waals surface area (Å²) in [7, 11) is 5.57. The SMILES string of the molecule is COc1ccc([C@@]23CCC(=NSNc4ccc(F)cc4)C[C@@H]2N(C)CC3)cc1OC. The largest absolute Gasteiger partial charge is 0.493 e. The van der Waals surface area contributed by atoms with Crippen molar-refractivity contribution in [3.05, 3.63) is 53.8 Å². The first-order valence-electron chi connectivity index (χ1n) is 10.2. The van der Waals surface area contributed by atoms with Crippen LogP contribution in [0, 0.1) is 5.82 Å². The lowest BCUT2D eigenvalue weighted by atomic mass is 9.65. The normalized spacial score (nSPS) is 25.2. The van der Waals surface area contributed by atoms with Crippen molar-refractivity contribution < 1.29 is 13.9 Å². The molecule has 2 atom stereocenters. The zero-order chi connectivity index (χ0) is 21.1. The molecule has 1 aliphatic carbocycles. The van der Waals surface area contributed by atoms with Gasteiger partial charge in [-0.25, -0.2) is 8.79 Å². The zero-order valence-corrected chi connectivity index (χ0v) is 18.5. The molecule has 0 unspecified atom stereocenters. The standard InChI is InChI=1S/C23H28FN3O2S/c1-27-13-12-23(16-4-9-20(28-2)21(14-16)29-3)11-10-19(15-22(23)27)26-30-25-18-7-5-17(24)6-8-18/h4-9,14,22,25H,10-13,15H2,1-3H3/t22-,23-/m0/s1. The molecule has 160 valence electrons. The highest BCUT2D eigenvalue weighted by Gasteiger charge is 2.49. The molecule has 1 heterocycles. The number of rotatable bonds is 6. The van der Waals surface area contributed by atoms with E-state index in [2.05, 4.69) is 28.8 Å². The first kappa shape index (κ1) is 21.0. The fraction of sp³-hybridized carbons (Fsp3) is 0.435. The molecular weight excluding hydrogens is 401 g/mol. The summed E-state index contributed by atoms with van der Waals surface area (Å²) in [6.45, 7) is 1.08. The highest BCUT2D eigenvalue weighted by atomic mass is 32.2. The van der Waals surface area contributed by atoms with Gasteiger partial charge in [0.1, 0.15) is 5.82 Å². The van der Waals surface area contributed by atoms with E-state index in [9.17, 15) is 4.39 Å². The predicted molar refractivity (Wildman–Crippen MR) is 121 cm³/mol. The van der Waals surface area contributed by atoms with Crippen molar-refractivity contribution in [3.63, 3.8) is 0 Å². The molecule has 30 heavy (non-hydrogen) atoms. The van der Waals surface area contributed by atoms with Gasteiger partial charge in [-0.05, 0) is 74.8 Å². The lowest BCUT2D eigenvalue weighted by molar-refractivity contribution is 0.226. The van der Waals surface area contributed by atoms with Crippen LogP contribution in [0.25, 0.3) is 0 Å². The number of benzene rings is 2. The molecule has 2 aromatic rings. The minimum atomic E-state index is -0.236. The summed E-state index contributed by atoms with van der Waals surface area (Å²) in [4.78, 5) is 2.46. The summed E-state index contributed by atoms with van der Waals surface area (Å²) in [5.41, 5.74) is 3.50. The molecule has 1 N–H and O–H groups in total. The number of likely N-dealkylation sites (tertiary alicyclic amines) is 1. The maximum Gasteiger partial charge on any atom is 0.161 e. The van der Waals surface area contributed by atoms with Crippen LogP contribution in [-0.2, 0) is 5.41 Å². The molecule has 2 aromatic carbocycles. The minimum Gasteiger partial charge on any atom is -0.493 e. The third kappa shape index (κ3) is 4.01. The lowest BCUT2D eigenvalue weighted by Gasteiger charge is -2.42. The van der Waals surface area contributed by atoms with Gasteiger partial charge in [0, 0.05) is 29.3 Å². The van der Waals surface area contributed by atoms with Crippen LogP contribution in [0.15, 0.2) is 46.9 Å². The van der Waals surface area contributed by atoms with Crippen molar-refractivity contribution in [1.82, 2.24) is 4.90 Å². The van der Waals surface area contributed by atoms with Gasteiger partial charge in [0.05, 0.1) is 26.4 Å². The monoisotopic (exact) mass is 429 g/mol. The second-order valence-electron chi connectivity index (χ2n) is 8.03. The molecule has 7 heteroatoms. The Hall–Kier alpha value is -2.25. The summed E-state index contributed by atoms with van der Waals surface area (Å²) in [5, 5.41) is 0. The predicted octanol–water partition coefficient (Wildman–Crippen LogP) is 5.09. The molecule has 0 radical (unpaired) electrons. The van der Waals surface area contributed by atoms with E-state index >= 15 is 0 Å². The van der Waals surface area contributed by atoms with E-state index in [1.165, 1.54) is 35.5 Å². The van der Waals surface area contributed by atoms with Crippen LogP contribution in [-0.4, -0.2) is 44.5 Å². The summed E-state index contributed by atoms with van der Waals surface area (Å²) >= 11 is 1.32. The second-order valence-corrected chi connectivity index (χ2v) is 8.60. The molecule has 0 spiro atoms. The highest BCUT2D eigenvalue weighted by Crippen LogP contribution is 2.49. The van der Waals surface area contributed by atoms with Gasteiger partial charge in [0.15, 0.2) is 11.5 Å². The molecule has 0 bridgehead atoms. The highest BCUT2D eigenvalue weighted by molar-refractivity contribution is 7.99. The van der Waals surface area contributed by atoms with Gasteiger partial charge < -0.3 is 19.1 Å². The van der Waals surface area contributed by atoms with Crippen molar-refractivity contribution in [2.45, 2.75) is 37.1 Å². The molecule has 0 aromatic heterocycles. The number of nitrogens with zero attached hydrogens (tertiary/aromatic N) is 2. The summed E-state index contributed by atoms with van der Waals surface area (Å²) in [6.07, 6.45) is 4.12.